The number of nitrogens with one attached hydrogen (secondary N) is 1. The van der Waals surface area contributed by atoms with Crippen molar-refractivity contribution in [1.82, 2.24) is 10.2 Å². The van der Waals surface area contributed by atoms with Gasteiger partial charge >= 0.3 is 0 Å². The average Bonchev–Trinajstić information content (AvgIpc) is 2.44. The second-order valence-corrected chi connectivity index (χ2v) is 5.94. The van der Waals surface area contributed by atoms with Crippen LogP contribution in [0.25, 0.3) is 0 Å². The maximum atomic E-state index is 12.2. The molecule has 0 saturated carbocycles. The number of rotatable bonds is 4. The van der Waals surface area contributed by atoms with Gasteiger partial charge in [0.25, 0.3) is 0 Å². The minimum atomic E-state index is 0.186. The number of aryl methyl sites for hydroxylation is 2. The molecule has 0 unspecified atom stereocenters. The van der Waals surface area contributed by atoms with Gasteiger partial charge in [-0.1, -0.05) is 6.07 Å². The summed E-state index contributed by atoms with van der Waals surface area (Å²) in [6.45, 7) is 11.3. The smallest absolute Gasteiger partial charge is 0.226 e. The molecule has 116 valence electrons. The first-order valence-electron chi connectivity index (χ1n) is 7.70. The van der Waals surface area contributed by atoms with Crippen molar-refractivity contribution in [2.24, 2.45) is 0 Å². The van der Waals surface area contributed by atoms with Crippen LogP contribution in [0.5, 0.6) is 5.75 Å². The third kappa shape index (κ3) is 3.97. The van der Waals surface area contributed by atoms with E-state index in [0.717, 1.165) is 30.9 Å². The number of hydrogen-bond donors (Lipinski definition) is 1. The van der Waals surface area contributed by atoms with E-state index in [1.165, 1.54) is 11.1 Å². The number of ether oxygens (including phenoxy) is 1. The number of hydrogen-bond acceptors (Lipinski definition) is 3. The SMILES string of the molecule is Cc1cc(C)c(C)c(OCCC(=O)N2CCNC[C@H]2C)c1. The van der Waals surface area contributed by atoms with Gasteiger partial charge in [0, 0.05) is 25.7 Å². The molecule has 0 bridgehead atoms. The minimum Gasteiger partial charge on any atom is -0.493 e. The first-order valence-corrected chi connectivity index (χ1v) is 7.70. The predicted octanol–water partition coefficient (Wildman–Crippen LogP) is 2.20. The van der Waals surface area contributed by atoms with E-state index in [0.29, 0.717) is 13.0 Å². The largest absolute Gasteiger partial charge is 0.493 e. The van der Waals surface area contributed by atoms with Gasteiger partial charge in [0.05, 0.1) is 13.0 Å². The lowest BCUT2D eigenvalue weighted by atomic mass is 10.1. The summed E-state index contributed by atoms with van der Waals surface area (Å²) in [6.07, 6.45) is 0.441. The number of piperazine rings is 1. The van der Waals surface area contributed by atoms with Crippen LogP contribution in [0.3, 0.4) is 0 Å². The van der Waals surface area contributed by atoms with Crippen LogP contribution in [0, 0.1) is 20.8 Å². The molecule has 1 aromatic rings. The molecule has 1 saturated heterocycles. The molecular formula is C17H26N2O2. The Kier molecular flexibility index (Phi) is 5.23. The van der Waals surface area contributed by atoms with Crippen LogP contribution in [0.4, 0.5) is 0 Å². The van der Waals surface area contributed by atoms with E-state index in [-0.39, 0.29) is 11.9 Å². The second kappa shape index (κ2) is 6.94. The summed E-state index contributed by atoms with van der Waals surface area (Å²) in [5.74, 6) is 1.08. The standard InChI is InChI=1S/C17H26N2O2/c1-12-9-13(2)15(4)16(10-12)21-8-5-17(20)19-7-6-18-11-14(19)3/h9-10,14,18H,5-8,11H2,1-4H3/t14-/m1/s1. The van der Waals surface area contributed by atoms with Gasteiger partial charge in [-0.15, -0.1) is 0 Å². The summed E-state index contributed by atoms with van der Waals surface area (Å²) in [4.78, 5) is 14.2. The number of amides is 1. The Morgan fingerprint density at radius 3 is 2.86 bits per heavy atom. The highest BCUT2D eigenvalue weighted by Gasteiger charge is 2.22. The third-order valence-electron chi connectivity index (χ3n) is 4.16. The fourth-order valence-electron chi connectivity index (χ4n) is 2.75. The molecular weight excluding hydrogens is 264 g/mol. The number of carbonyl (C=O) groups is 1. The quantitative estimate of drug-likeness (QED) is 0.924. The van der Waals surface area contributed by atoms with Crippen molar-refractivity contribution in [1.29, 1.82) is 0 Å². The monoisotopic (exact) mass is 290 g/mol. The molecule has 2 rings (SSSR count). The van der Waals surface area contributed by atoms with Gasteiger partial charge < -0.3 is 15.0 Å². The number of nitrogens with zero attached hydrogens (tertiary/aromatic N) is 1. The third-order valence-corrected chi connectivity index (χ3v) is 4.16. The average molecular weight is 290 g/mol. The molecule has 1 fully saturated rings. The summed E-state index contributed by atoms with van der Waals surface area (Å²) in [5.41, 5.74) is 3.57. The lowest BCUT2D eigenvalue weighted by Crippen LogP contribution is -2.52. The molecule has 4 nitrogen and oxygen atoms in total. The zero-order valence-electron chi connectivity index (χ0n) is 13.5. The molecule has 0 radical (unpaired) electrons. The van der Waals surface area contributed by atoms with E-state index in [4.69, 9.17) is 4.74 Å². The van der Waals surface area contributed by atoms with Gasteiger partial charge in [-0.25, -0.2) is 0 Å². The Bertz CT molecular complexity index is 514. The predicted molar refractivity (Wildman–Crippen MR) is 84.8 cm³/mol. The van der Waals surface area contributed by atoms with Gasteiger partial charge in [-0.05, 0) is 50.5 Å². The lowest BCUT2D eigenvalue weighted by molar-refractivity contribution is -0.134. The highest BCUT2D eigenvalue weighted by atomic mass is 16.5. The Balaban J connectivity index is 1.88. The van der Waals surface area contributed by atoms with Gasteiger partial charge in [0.1, 0.15) is 5.75 Å². The highest BCUT2D eigenvalue weighted by Crippen LogP contribution is 2.23. The normalized spacial score (nSPS) is 18.7. The van der Waals surface area contributed by atoms with Gasteiger partial charge in [-0.3, -0.25) is 4.79 Å². The van der Waals surface area contributed by atoms with E-state index in [1.54, 1.807) is 0 Å². The van der Waals surface area contributed by atoms with E-state index < -0.39 is 0 Å². The van der Waals surface area contributed by atoms with E-state index in [9.17, 15) is 4.79 Å². The van der Waals surface area contributed by atoms with E-state index in [2.05, 4.69) is 39.1 Å². The molecule has 0 spiro atoms. The van der Waals surface area contributed by atoms with Crippen molar-refractivity contribution in [3.63, 3.8) is 0 Å². The van der Waals surface area contributed by atoms with Gasteiger partial charge in [0.2, 0.25) is 5.91 Å². The molecule has 1 aliphatic rings. The Morgan fingerprint density at radius 2 is 2.14 bits per heavy atom. The summed E-state index contributed by atoms with van der Waals surface area (Å²) < 4.78 is 5.83. The molecule has 1 heterocycles. The molecule has 1 atom stereocenters. The fourth-order valence-corrected chi connectivity index (χ4v) is 2.75. The van der Waals surface area contributed by atoms with E-state index >= 15 is 0 Å². The fraction of sp³-hybridized carbons (Fsp3) is 0.588. The molecule has 1 aromatic carbocycles. The maximum absolute atomic E-state index is 12.2. The van der Waals surface area contributed by atoms with Crippen molar-refractivity contribution in [3.8, 4) is 5.75 Å². The Morgan fingerprint density at radius 1 is 1.38 bits per heavy atom. The van der Waals surface area contributed by atoms with Crippen molar-refractivity contribution in [2.75, 3.05) is 26.2 Å². The van der Waals surface area contributed by atoms with Crippen molar-refractivity contribution < 1.29 is 9.53 Å². The molecule has 4 heteroatoms. The summed E-state index contributed by atoms with van der Waals surface area (Å²) in [7, 11) is 0. The summed E-state index contributed by atoms with van der Waals surface area (Å²) in [5, 5.41) is 3.30. The first kappa shape index (κ1) is 15.8. The molecule has 1 aliphatic heterocycles. The topological polar surface area (TPSA) is 41.6 Å². The van der Waals surface area contributed by atoms with Gasteiger partial charge in [-0.2, -0.15) is 0 Å². The zero-order valence-corrected chi connectivity index (χ0v) is 13.5. The molecule has 21 heavy (non-hydrogen) atoms. The highest BCUT2D eigenvalue weighted by molar-refractivity contribution is 5.76. The minimum absolute atomic E-state index is 0.186. The van der Waals surface area contributed by atoms with Gasteiger partial charge in [0.15, 0.2) is 0 Å². The van der Waals surface area contributed by atoms with Crippen LogP contribution in [0.2, 0.25) is 0 Å². The summed E-state index contributed by atoms with van der Waals surface area (Å²) in [6, 6.07) is 4.46. The van der Waals surface area contributed by atoms with Crippen molar-refractivity contribution in [2.45, 2.75) is 40.2 Å². The van der Waals surface area contributed by atoms with Crippen molar-refractivity contribution in [3.05, 3.63) is 28.8 Å². The van der Waals surface area contributed by atoms with Crippen LogP contribution in [0.15, 0.2) is 12.1 Å². The van der Waals surface area contributed by atoms with E-state index in [1.807, 2.05) is 11.0 Å². The number of carbonyl (C=O) groups excluding carboxylic acids is 1. The maximum Gasteiger partial charge on any atom is 0.226 e. The Labute approximate surface area is 127 Å². The van der Waals surface area contributed by atoms with Crippen molar-refractivity contribution >= 4 is 5.91 Å². The van der Waals surface area contributed by atoms with Crippen LogP contribution in [0.1, 0.15) is 30.0 Å². The molecule has 1 N–H and O–H groups in total. The van der Waals surface area contributed by atoms with Crippen LogP contribution < -0.4 is 10.1 Å². The number of benzene rings is 1. The zero-order chi connectivity index (χ0) is 15.4. The molecule has 0 aromatic heterocycles. The first-order chi connectivity index (χ1) is 9.99. The second-order valence-electron chi connectivity index (χ2n) is 5.94. The van der Waals surface area contributed by atoms with Crippen LogP contribution in [-0.4, -0.2) is 43.1 Å². The molecule has 0 aliphatic carbocycles. The lowest BCUT2D eigenvalue weighted by Gasteiger charge is -2.34. The van der Waals surface area contributed by atoms with Crippen LogP contribution in [-0.2, 0) is 4.79 Å². The molecule has 1 amide bonds. The van der Waals surface area contributed by atoms with Crippen LogP contribution >= 0.6 is 0 Å². The Hall–Kier alpha value is -1.55. The summed E-state index contributed by atoms with van der Waals surface area (Å²) >= 11 is 0.